The highest BCUT2D eigenvalue weighted by Crippen LogP contribution is 2.38. The molecule has 2 aromatic rings. The maximum Gasteiger partial charge on any atom is 0.257 e. The van der Waals surface area contributed by atoms with E-state index < -0.39 is 0 Å². The molecule has 0 bridgehead atoms. The predicted molar refractivity (Wildman–Crippen MR) is 128 cm³/mol. The highest BCUT2D eigenvalue weighted by molar-refractivity contribution is 5.96. The van der Waals surface area contributed by atoms with Crippen LogP contribution in [0.25, 0.3) is 0 Å². The van der Waals surface area contributed by atoms with Crippen LogP contribution >= 0.6 is 0 Å². The third-order valence-electron chi connectivity index (χ3n) is 7.02. The summed E-state index contributed by atoms with van der Waals surface area (Å²) < 4.78 is 25.3. The molecule has 1 saturated heterocycles. The van der Waals surface area contributed by atoms with E-state index >= 15 is 0 Å². The van der Waals surface area contributed by atoms with Crippen LogP contribution in [0, 0.1) is 11.2 Å². The fraction of sp³-hybridized carbons (Fsp3) is 0.481. The molecule has 2 aliphatic rings. The Morgan fingerprint density at radius 3 is 2.44 bits per heavy atom. The van der Waals surface area contributed by atoms with Crippen molar-refractivity contribution in [1.82, 2.24) is 9.80 Å². The fourth-order valence-corrected chi connectivity index (χ4v) is 4.74. The van der Waals surface area contributed by atoms with E-state index in [1.807, 2.05) is 23.1 Å². The zero-order valence-corrected chi connectivity index (χ0v) is 19.8. The van der Waals surface area contributed by atoms with E-state index in [-0.39, 0.29) is 23.0 Å². The topological polar surface area (TPSA) is 59.1 Å². The molecule has 2 aromatic carbocycles. The monoisotopic (exact) mass is 468 g/mol. The number of hydrogen-bond donors (Lipinski definition) is 0. The summed E-state index contributed by atoms with van der Waals surface area (Å²) in [6, 6.07) is 13.1. The van der Waals surface area contributed by atoms with Gasteiger partial charge in [-0.2, -0.15) is 0 Å². The molecule has 2 aliphatic heterocycles. The van der Waals surface area contributed by atoms with Crippen molar-refractivity contribution >= 4 is 11.8 Å². The number of likely N-dealkylation sites (N-methyl/N-ethyl adjacent to an activating group) is 1. The van der Waals surface area contributed by atoms with Crippen LogP contribution in [0.4, 0.5) is 4.39 Å². The number of carbonyl (C=O) groups excluding carboxylic acids is 2. The summed E-state index contributed by atoms with van der Waals surface area (Å²) in [5.41, 5.74) is 0.987. The number of nitrogens with zero attached hydrogens (tertiary/aromatic N) is 2. The van der Waals surface area contributed by atoms with Gasteiger partial charge in [-0.25, -0.2) is 4.39 Å². The number of halogens is 1. The Kier molecular flexibility index (Phi) is 7.83. The van der Waals surface area contributed by atoms with E-state index in [0.717, 1.165) is 32.1 Å². The molecule has 0 aliphatic carbocycles. The molecule has 0 saturated carbocycles. The molecule has 2 amide bonds. The van der Waals surface area contributed by atoms with E-state index in [2.05, 4.69) is 0 Å². The molecule has 2 heterocycles. The molecular weight excluding hydrogens is 435 g/mol. The van der Waals surface area contributed by atoms with Gasteiger partial charge in [0.2, 0.25) is 0 Å². The van der Waals surface area contributed by atoms with Gasteiger partial charge in [0.1, 0.15) is 11.6 Å². The molecule has 182 valence electrons. The van der Waals surface area contributed by atoms with Gasteiger partial charge < -0.3 is 19.3 Å². The van der Waals surface area contributed by atoms with E-state index in [1.165, 1.54) is 24.3 Å². The van der Waals surface area contributed by atoms with Gasteiger partial charge in [-0.15, -0.1) is 0 Å². The number of rotatable bonds is 1. The highest BCUT2D eigenvalue weighted by atomic mass is 19.1. The van der Waals surface area contributed by atoms with Crippen LogP contribution in [0.2, 0.25) is 0 Å². The first-order valence-corrected chi connectivity index (χ1v) is 12.1. The van der Waals surface area contributed by atoms with Gasteiger partial charge in [0.25, 0.3) is 11.8 Å². The number of para-hydroxylation sites is 1. The van der Waals surface area contributed by atoms with Crippen molar-refractivity contribution in [1.29, 1.82) is 0 Å². The Hall–Kier alpha value is -2.93. The van der Waals surface area contributed by atoms with Gasteiger partial charge in [0, 0.05) is 44.3 Å². The molecule has 0 N–H and O–H groups in total. The molecule has 0 atom stereocenters. The largest absolute Gasteiger partial charge is 0.492 e. The van der Waals surface area contributed by atoms with Crippen molar-refractivity contribution in [3.8, 4) is 5.75 Å². The summed E-state index contributed by atoms with van der Waals surface area (Å²) in [5, 5.41) is 0. The Morgan fingerprint density at radius 1 is 0.941 bits per heavy atom. The predicted octanol–water partition coefficient (Wildman–Crippen LogP) is 4.40. The number of ether oxygens (including phenoxy) is 2. The number of likely N-dealkylation sites (tertiary alicyclic amines) is 1. The average molecular weight is 469 g/mol. The van der Waals surface area contributed by atoms with Crippen LogP contribution in [0.3, 0.4) is 0 Å². The second-order valence-corrected chi connectivity index (χ2v) is 9.38. The smallest absolute Gasteiger partial charge is 0.257 e. The Labute approximate surface area is 200 Å². The van der Waals surface area contributed by atoms with Crippen LogP contribution in [0.15, 0.2) is 48.5 Å². The molecule has 1 fully saturated rings. The Balaban J connectivity index is 1.48. The van der Waals surface area contributed by atoms with Gasteiger partial charge in [0.15, 0.2) is 0 Å². The Morgan fingerprint density at radius 2 is 1.68 bits per heavy atom. The van der Waals surface area contributed by atoms with Crippen LogP contribution in [0.1, 0.15) is 52.8 Å². The summed E-state index contributed by atoms with van der Waals surface area (Å²) in [7, 11) is 1.78. The molecule has 6 nitrogen and oxygen atoms in total. The van der Waals surface area contributed by atoms with Gasteiger partial charge in [-0.3, -0.25) is 9.59 Å². The second-order valence-electron chi connectivity index (χ2n) is 9.38. The quantitative estimate of drug-likeness (QED) is 0.623. The van der Waals surface area contributed by atoms with Gasteiger partial charge in [0.05, 0.1) is 18.8 Å². The van der Waals surface area contributed by atoms with Crippen molar-refractivity contribution in [3.05, 3.63) is 65.5 Å². The molecular formula is C27H33FN2O4. The molecule has 0 aromatic heterocycles. The number of amides is 2. The highest BCUT2D eigenvalue weighted by Gasteiger charge is 2.37. The fourth-order valence-electron chi connectivity index (χ4n) is 4.74. The van der Waals surface area contributed by atoms with Gasteiger partial charge >= 0.3 is 0 Å². The van der Waals surface area contributed by atoms with Crippen molar-refractivity contribution in [2.24, 2.45) is 5.41 Å². The van der Waals surface area contributed by atoms with Crippen molar-refractivity contribution in [2.45, 2.75) is 32.1 Å². The number of carbonyl (C=O) groups is 2. The zero-order chi connectivity index (χ0) is 24.0. The number of piperidine rings is 1. The number of benzene rings is 2. The summed E-state index contributed by atoms with van der Waals surface area (Å²) in [4.78, 5) is 29.4. The summed E-state index contributed by atoms with van der Waals surface area (Å²) in [6.45, 7) is 3.47. The van der Waals surface area contributed by atoms with Crippen molar-refractivity contribution < 1.29 is 23.5 Å². The Bertz CT molecular complexity index is 986. The average Bonchev–Trinajstić information content (AvgIpc) is 2.86. The van der Waals surface area contributed by atoms with Crippen LogP contribution in [0.5, 0.6) is 5.75 Å². The molecule has 34 heavy (non-hydrogen) atoms. The maximum atomic E-state index is 13.2. The lowest BCUT2D eigenvalue weighted by atomic mass is 9.75. The summed E-state index contributed by atoms with van der Waals surface area (Å²) in [6.07, 6.45) is 4.58. The zero-order valence-electron chi connectivity index (χ0n) is 19.8. The van der Waals surface area contributed by atoms with Crippen LogP contribution in [-0.2, 0) is 4.74 Å². The van der Waals surface area contributed by atoms with Crippen LogP contribution < -0.4 is 4.74 Å². The first-order valence-electron chi connectivity index (χ1n) is 12.1. The minimum atomic E-state index is -0.347. The number of hydrogen-bond acceptors (Lipinski definition) is 4. The maximum absolute atomic E-state index is 13.2. The lowest BCUT2D eigenvalue weighted by molar-refractivity contribution is 0.0329. The lowest BCUT2D eigenvalue weighted by Crippen LogP contribution is -2.45. The SMILES string of the molecule is CN1CCOCCCCC2(CCN(C(=O)c3ccc(F)cc3)CC2)COc2ccccc2C1=O. The van der Waals surface area contributed by atoms with Crippen molar-refractivity contribution in [3.63, 3.8) is 0 Å². The normalized spacial score (nSPS) is 19.8. The molecule has 4 rings (SSSR count). The minimum absolute atomic E-state index is 0.0657. The second kappa shape index (κ2) is 11.0. The van der Waals surface area contributed by atoms with Crippen molar-refractivity contribution in [2.75, 3.05) is 46.5 Å². The third-order valence-corrected chi connectivity index (χ3v) is 7.02. The molecule has 1 spiro atoms. The summed E-state index contributed by atoms with van der Waals surface area (Å²) >= 11 is 0. The van der Waals surface area contributed by atoms with E-state index in [0.29, 0.717) is 56.3 Å². The molecule has 0 unspecified atom stereocenters. The molecule has 0 radical (unpaired) electrons. The van der Waals surface area contributed by atoms with Gasteiger partial charge in [-0.1, -0.05) is 18.6 Å². The minimum Gasteiger partial charge on any atom is -0.492 e. The molecule has 7 heteroatoms. The van der Waals surface area contributed by atoms with E-state index in [9.17, 15) is 14.0 Å². The first kappa shape index (κ1) is 24.2. The first-order chi connectivity index (χ1) is 16.5. The lowest BCUT2D eigenvalue weighted by Gasteiger charge is -2.42. The standard InChI is InChI=1S/C27H33FN2O4/c1-29-17-19-33-18-5-4-12-27(20-34-24-7-3-2-6-23(24)26(29)32)13-15-30(16-14-27)25(31)21-8-10-22(28)11-9-21/h2-3,6-11H,4-5,12-20H2,1H3. The number of fused-ring (bicyclic) bond motifs is 1. The van der Waals surface area contributed by atoms with E-state index in [1.54, 1.807) is 18.0 Å². The van der Waals surface area contributed by atoms with Crippen LogP contribution in [-0.4, -0.2) is 68.1 Å². The third kappa shape index (κ3) is 5.76. The van der Waals surface area contributed by atoms with E-state index in [4.69, 9.17) is 9.47 Å². The van der Waals surface area contributed by atoms with Gasteiger partial charge in [-0.05, 0) is 62.1 Å². The summed E-state index contributed by atoms with van der Waals surface area (Å²) in [5.74, 6) is 0.107.